The van der Waals surface area contributed by atoms with E-state index in [0.717, 1.165) is 11.1 Å². The Bertz CT molecular complexity index is 809. The van der Waals surface area contributed by atoms with E-state index < -0.39 is 6.29 Å². The number of benzene rings is 2. The lowest BCUT2D eigenvalue weighted by Gasteiger charge is -2.30. The third-order valence-corrected chi connectivity index (χ3v) is 4.56. The summed E-state index contributed by atoms with van der Waals surface area (Å²) >= 11 is 0. The van der Waals surface area contributed by atoms with Crippen LogP contribution in [-0.2, 0) is 0 Å². The van der Waals surface area contributed by atoms with Crippen LogP contribution in [0.25, 0.3) is 0 Å². The van der Waals surface area contributed by atoms with Gasteiger partial charge in [-0.25, -0.2) is 5.26 Å². The summed E-state index contributed by atoms with van der Waals surface area (Å²) in [5, 5.41) is 19.3. The Morgan fingerprint density at radius 2 is 1.62 bits per heavy atom. The molecule has 138 valence electrons. The Labute approximate surface area is 149 Å². The molecule has 0 saturated heterocycles. The Morgan fingerprint density at radius 1 is 0.962 bits per heavy atom. The summed E-state index contributed by atoms with van der Waals surface area (Å²) in [6.07, 6.45) is -0.642. The van der Waals surface area contributed by atoms with E-state index >= 15 is 0 Å². The largest absolute Gasteiger partial charge is 0.493 e. The van der Waals surface area contributed by atoms with Gasteiger partial charge in [-0.3, -0.25) is 0 Å². The summed E-state index contributed by atoms with van der Waals surface area (Å²) < 4.78 is 27.0. The molecule has 2 atom stereocenters. The first-order valence-corrected chi connectivity index (χ1v) is 8.00. The van der Waals surface area contributed by atoms with Gasteiger partial charge in [-0.1, -0.05) is 0 Å². The first-order valence-electron chi connectivity index (χ1n) is 8.00. The molecule has 2 unspecified atom stereocenters. The van der Waals surface area contributed by atoms with Crippen molar-refractivity contribution in [3.63, 3.8) is 0 Å². The van der Waals surface area contributed by atoms with Crippen molar-refractivity contribution in [2.24, 2.45) is 0 Å². The van der Waals surface area contributed by atoms with Gasteiger partial charge in [0.25, 0.3) is 0 Å². The predicted molar refractivity (Wildman–Crippen MR) is 88.5 cm³/mol. The average molecular weight is 362 g/mol. The molecular formula is C18H18O8. The molecular weight excluding hydrogens is 344 g/mol. The van der Waals surface area contributed by atoms with Crippen molar-refractivity contribution in [2.75, 3.05) is 21.0 Å². The predicted octanol–water partition coefficient (Wildman–Crippen LogP) is 2.52. The lowest BCUT2D eigenvalue weighted by Crippen LogP contribution is -2.25. The number of hydrogen-bond donors (Lipinski definition) is 2. The zero-order valence-electron chi connectivity index (χ0n) is 14.2. The zero-order valence-corrected chi connectivity index (χ0v) is 14.2. The topological polar surface area (TPSA) is 95.8 Å². The van der Waals surface area contributed by atoms with Crippen LogP contribution in [0.1, 0.15) is 23.5 Å². The van der Waals surface area contributed by atoms with Crippen LogP contribution in [0.5, 0.6) is 34.5 Å². The van der Waals surface area contributed by atoms with E-state index in [1.54, 1.807) is 18.2 Å². The van der Waals surface area contributed by atoms with E-state index in [1.165, 1.54) is 14.2 Å². The van der Waals surface area contributed by atoms with Crippen LogP contribution in [0, 0.1) is 0 Å². The smallest absolute Gasteiger partial charge is 0.248 e. The van der Waals surface area contributed by atoms with Crippen molar-refractivity contribution in [1.29, 1.82) is 0 Å². The third-order valence-electron chi connectivity index (χ3n) is 4.56. The Morgan fingerprint density at radius 3 is 2.23 bits per heavy atom. The fourth-order valence-corrected chi connectivity index (χ4v) is 3.34. The van der Waals surface area contributed by atoms with Gasteiger partial charge in [0, 0.05) is 24.0 Å². The molecule has 2 aliphatic heterocycles. The number of methoxy groups -OCH3 is 2. The van der Waals surface area contributed by atoms with Gasteiger partial charge < -0.3 is 33.7 Å². The highest BCUT2D eigenvalue weighted by molar-refractivity contribution is 5.59. The van der Waals surface area contributed by atoms with Crippen LogP contribution in [0.15, 0.2) is 24.3 Å². The van der Waals surface area contributed by atoms with Crippen molar-refractivity contribution >= 4 is 0 Å². The molecule has 2 aromatic rings. The average Bonchev–Trinajstić information content (AvgIpc) is 3.11. The van der Waals surface area contributed by atoms with Crippen molar-refractivity contribution in [2.45, 2.75) is 18.6 Å². The Hall–Kier alpha value is -2.84. The van der Waals surface area contributed by atoms with E-state index in [2.05, 4.69) is 4.89 Å². The second kappa shape index (κ2) is 6.47. The van der Waals surface area contributed by atoms with Gasteiger partial charge in [0.15, 0.2) is 29.3 Å². The second-order valence-electron chi connectivity index (χ2n) is 5.95. The van der Waals surface area contributed by atoms with Crippen molar-refractivity contribution in [3.05, 3.63) is 35.4 Å². The highest BCUT2D eigenvalue weighted by Crippen LogP contribution is 2.49. The molecule has 26 heavy (non-hydrogen) atoms. The summed E-state index contributed by atoms with van der Waals surface area (Å²) in [6.45, 7) is 0.148. The number of aliphatic hydroxyl groups is 1. The number of fused-ring (bicyclic) bond motifs is 2. The Kier molecular flexibility index (Phi) is 4.14. The molecule has 0 spiro atoms. The number of aliphatic hydroxyl groups excluding tert-OH is 1. The van der Waals surface area contributed by atoms with Crippen molar-refractivity contribution in [3.8, 4) is 34.5 Å². The van der Waals surface area contributed by atoms with Gasteiger partial charge in [-0.05, 0) is 23.8 Å². The van der Waals surface area contributed by atoms with E-state index in [-0.39, 0.29) is 18.5 Å². The van der Waals surface area contributed by atoms with Crippen LogP contribution in [-0.4, -0.2) is 37.7 Å². The molecule has 0 saturated carbocycles. The number of ether oxygens (including phenoxy) is 5. The van der Waals surface area contributed by atoms with E-state index in [0.29, 0.717) is 35.2 Å². The van der Waals surface area contributed by atoms with Gasteiger partial charge in [0.1, 0.15) is 5.75 Å². The minimum Gasteiger partial charge on any atom is -0.493 e. The molecule has 2 N–H and O–H groups in total. The first-order chi connectivity index (χ1) is 12.6. The molecule has 0 bridgehead atoms. The molecule has 4 rings (SSSR count). The molecule has 2 aromatic carbocycles. The van der Waals surface area contributed by atoms with Gasteiger partial charge in [0.05, 0.1) is 14.2 Å². The molecule has 0 fully saturated rings. The molecule has 8 nitrogen and oxygen atoms in total. The standard InChI is InChI=1S/C18H18O8/c1-21-15-3-9(4-16(22-2)18(15)26-20)10-6-17(19)25-12-7-14-13(5-11(10)12)23-8-24-14/h3-5,7,10,17,19-20H,6,8H2,1-2H3. The maximum Gasteiger partial charge on any atom is 0.248 e. The SMILES string of the molecule is COc1cc(C2CC(O)Oc3cc4c(cc32)OCO4)cc(OC)c1OO. The zero-order chi connectivity index (χ0) is 18.3. The van der Waals surface area contributed by atoms with E-state index in [9.17, 15) is 5.11 Å². The lowest BCUT2D eigenvalue weighted by molar-refractivity contribution is -0.140. The quantitative estimate of drug-likeness (QED) is 0.633. The monoisotopic (exact) mass is 362 g/mol. The second-order valence-corrected chi connectivity index (χ2v) is 5.95. The van der Waals surface area contributed by atoms with E-state index in [1.807, 2.05) is 6.07 Å². The molecule has 0 aromatic heterocycles. The summed E-state index contributed by atoms with van der Waals surface area (Å²) in [6, 6.07) is 7.02. The molecule has 0 aliphatic carbocycles. The number of hydrogen-bond acceptors (Lipinski definition) is 8. The fraction of sp³-hybridized carbons (Fsp3) is 0.333. The molecule has 8 heteroatoms. The minimum atomic E-state index is -0.973. The van der Waals surface area contributed by atoms with E-state index in [4.69, 9.17) is 28.9 Å². The van der Waals surface area contributed by atoms with Crippen LogP contribution in [0.4, 0.5) is 0 Å². The molecule has 2 aliphatic rings. The molecule has 0 radical (unpaired) electrons. The van der Waals surface area contributed by atoms with Crippen LogP contribution in [0.2, 0.25) is 0 Å². The first kappa shape index (κ1) is 16.6. The number of rotatable bonds is 4. The molecule has 0 amide bonds. The van der Waals surface area contributed by atoms with Crippen LogP contribution < -0.4 is 28.6 Å². The summed E-state index contributed by atoms with van der Waals surface area (Å²) in [7, 11) is 2.93. The third kappa shape index (κ3) is 2.63. The summed E-state index contributed by atoms with van der Waals surface area (Å²) in [5.74, 6) is 2.23. The summed E-state index contributed by atoms with van der Waals surface area (Å²) in [5.41, 5.74) is 1.66. The Balaban J connectivity index is 1.84. The van der Waals surface area contributed by atoms with Crippen LogP contribution >= 0.6 is 0 Å². The van der Waals surface area contributed by atoms with Crippen LogP contribution in [0.3, 0.4) is 0 Å². The lowest BCUT2D eigenvalue weighted by atomic mass is 9.85. The highest BCUT2D eigenvalue weighted by atomic mass is 17.1. The highest BCUT2D eigenvalue weighted by Gasteiger charge is 2.32. The fourth-order valence-electron chi connectivity index (χ4n) is 3.34. The van der Waals surface area contributed by atoms with Gasteiger partial charge >= 0.3 is 0 Å². The van der Waals surface area contributed by atoms with Gasteiger partial charge in [-0.15, -0.1) is 0 Å². The van der Waals surface area contributed by atoms with Gasteiger partial charge in [-0.2, -0.15) is 0 Å². The molecule has 2 heterocycles. The van der Waals surface area contributed by atoms with Gasteiger partial charge in [0.2, 0.25) is 12.5 Å². The van der Waals surface area contributed by atoms with Crippen molar-refractivity contribution in [1.82, 2.24) is 0 Å². The maximum absolute atomic E-state index is 10.2. The maximum atomic E-state index is 10.2. The van der Waals surface area contributed by atoms with Crippen molar-refractivity contribution < 1.29 is 38.9 Å². The minimum absolute atomic E-state index is 0.0808. The normalized spacial score (nSPS) is 20.2. The summed E-state index contributed by atoms with van der Waals surface area (Å²) in [4.78, 5) is 4.39.